The second kappa shape index (κ2) is 5.21. The zero-order valence-corrected chi connectivity index (χ0v) is 10.2. The Morgan fingerprint density at radius 1 is 1.29 bits per heavy atom. The Kier molecular flexibility index (Phi) is 3.66. The maximum Gasteiger partial charge on any atom is 0.179 e. The van der Waals surface area contributed by atoms with Crippen molar-refractivity contribution in [1.82, 2.24) is 15.0 Å². The molecule has 0 aliphatic rings. The van der Waals surface area contributed by atoms with E-state index in [4.69, 9.17) is 17.3 Å². The average molecular weight is 249 g/mol. The highest BCUT2D eigenvalue weighted by atomic mass is 35.5. The Bertz CT molecular complexity index is 513. The first kappa shape index (κ1) is 12.0. The van der Waals surface area contributed by atoms with Gasteiger partial charge < -0.3 is 5.73 Å². The van der Waals surface area contributed by atoms with Gasteiger partial charge >= 0.3 is 0 Å². The van der Waals surface area contributed by atoms with Crippen molar-refractivity contribution in [3.63, 3.8) is 0 Å². The van der Waals surface area contributed by atoms with Crippen molar-refractivity contribution in [2.45, 2.75) is 19.4 Å². The molecule has 0 aliphatic heterocycles. The predicted molar refractivity (Wildman–Crippen MR) is 67.6 cm³/mol. The van der Waals surface area contributed by atoms with Gasteiger partial charge in [-0.05, 0) is 25.1 Å². The number of aromatic nitrogens is 3. The molecule has 1 unspecified atom stereocenters. The molecular weight excluding hydrogens is 236 g/mol. The van der Waals surface area contributed by atoms with Crippen LogP contribution in [0.3, 0.4) is 0 Å². The van der Waals surface area contributed by atoms with Crippen molar-refractivity contribution in [2.75, 3.05) is 0 Å². The summed E-state index contributed by atoms with van der Waals surface area (Å²) in [4.78, 5) is 12.8. The third kappa shape index (κ3) is 2.99. The number of pyridine rings is 1. The minimum absolute atomic E-state index is 0.0666. The molecular formula is C12H13ClN4. The van der Waals surface area contributed by atoms with Crippen LogP contribution in [-0.2, 0) is 6.42 Å². The molecule has 88 valence electrons. The van der Waals surface area contributed by atoms with Crippen LogP contribution in [0.2, 0.25) is 5.02 Å². The Morgan fingerprint density at radius 3 is 2.82 bits per heavy atom. The Morgan fingerprint density at radius 2 is 2.12 bits per heavy atom. The number of nitrogens with two attached hydrogens (primary N) is 1. The summed E-state index contributed by atoms with van der Waals surface area (Å²) in [5.74, 6) is 0.536. The number of halogens is 1. The SMILES string of the molecule is CC(N)Cc1ccnc(-c2ncccc2Cl)n1. The summed E-state index contributed by atoms with van der Waals surface area (Å²) in [6.07, 6.45) is 4.08. The van der Waals surface area contributed by atoms with Gasteiger partial charge in [-0.15, -0.1) is 0 Å². The van der Waals surface area contributed by atoms with Crippen LogP contribution >= 0.6 is 11.6 Å². The fraction of sp³-hybridized carbons (Fsp3) is 0.250. The maximum absolute atomic E-state index is 6.05. The van der Waals surface area contributed by atoms with E-state index >= 15 is 0 Å². The molecule has 2 N–H and O–H groups in total. The lowest BCUT2D eigenvalue weighted by Crippen LogP contribution is -2.18. The van der Waals surface area contributed by atoms with E-state index in [0.29, 0.717) is 23.0 Å². The van der Waals surface area contributed by atoms with Gasteiger partial charge in [0.15, 0.2) is 5.82 Å². The van der Waals surface area contributed by atoms with Crippen molar-refractivity contribution in [2.24, 2.45) is 5.73 Å². The first-order valence-electron chi connectivity index (χ1n) is 5.35. The highest BCUT2D eigenvalue weighted by molar-refractivity contribution is 6.32. The zero-order chi connectivity index (χ0) is 12.3. The molecule has 0 fully saturated rings. The van der Waals surface area contributed by atoms with E-state index < -0.39 is 0 Å². The summed E-state index contributed by atoms with van der Waals surface area (Å²) in [5, 5.41) is 0.547. The summed E-state index contributed by atoms with van der Waals surface area (Å²) in [6.45, 7) is 1.94. The third-order valence-corrected chi connectivity index (χ3v) is 2.52. The molecule has 0 aromatic carbocycles. The van der Waals surface area contributed by atoms with E-state index in [2.05, 4.69) is 15.0 Å². The van der Waals surface area contributed by atoms with Gasteiger partial charge in [0, 0.05) is 30.6 Å². The molecule has 2 rings (SSSR count). The van der Waals surface area contributed by atoms with Crippen LogP contribution in [0, 0.1) is 0 Å². The molecule has 0 radical (unpaired) electrons. The normalized spacial score (nSPS) is 12.4. The van der Waals surface area contributed by atoms with Crippen LogP contribution < -0.4 is 5.73 Å². The molecule has 0 amide bonds. The summed E-state index contributed by atoms with van der Waals surface area (Å²) < 4.78 is 0. The molecule has 1 atom stereocenters. The number of hydrogen-bond donors (Lipinski definition) is 1. The van der Waals surface area contributed by atoms with E-state index in [9.17, 15) is 0 Å². The highest BCUT2D eigenvalue weighted by Crippen LogP contribution is 2.21. The van der Waals surface area contributed by atoms with Crippen molar-refractivity contribution >= 4 is 11.6 Å². The van der Waals surface area contributed by atoms with Gasteiger partial charge in [-0.2, -0.15) is 0 Å². The second-order valence-electron chi connectivity index (χ2n) is 3.89. The van der Waals surface area contributed by atoms with Crippen molar-refractivity contribution in [3.05, 3.63) is 41.3 Å². The van der Waals surface area contributed by atoms with Crippen molar-refractivity contribution < 1.29 is 0 Å². The van der Waals surface area contributed by atoms with E-state index in [1.54, 1.807) is 24.5 Å². The zero-order valence-electron chi connectivity index (χ0n) is 9.47. The first-order chi connectivity index (χ1) is 8.16. The van der Waals surface area contributed by atoms with Crippen LogP contribution in [0.4, 0.5) is 0 Å². The topological polar surface area (TPSA) is 64.7 Å². The lowest BCUT2D eigenvalue weighted by atomic mass is 10.2. The Hall–Kier alpha value is -1.52. The fourth-order valence-corrected chi connectivity index (χ4v) is 1.71. The smallest absolute Gasteiger partial charge is 0.179 e. The molecule has 0 bridgehead atoms. The van der Waals surface area contributed by atoms with Crippen LogP contribution in [0.5, 0.6) is 0 Å². The van der Waals surface area contributed by atoms with Crippen LogP contribution in [0.25, 0.3) is 11.5 Å². The minimum Gasteiger partial charge on any atom is -0.328 e. The molecule has 17 heavy (non-hydrogen) atoms. The van der Waals surface area contributed by atoms with E-state index in [-0.39, 0.29) is 6.04 Å². The maximum atomic E-state index is 6.05. The lowest BCUT2D eigenvalue weighted by Gasteiger charge is -2.06. The molecule has 2 aromatic rings. The minimum atomic E-state index is 0.0666. The van der Waals surface area contributed by atoms with E-state index in [1.807, 2.05) is 13.0 Å². The molecule has 5 heteroatoms. The van der Waals surface area contributed by atoms with Gasteiger partial charge in [0.2, 0.25) is 0 Å². The summed E-state index contributed by atoms with van der Waals surface area (Å²) in [5.41, 5.74) is 7.23. The van der Waals surface area contributed by atoms with Crippen LogP contribution in [0.15, 0.2) is 30.6 Å². The largest absolute Gasteiger partial charge is 0.328 e. The second-order valence-corrected chi connectivity index (χ2v) is 4.29. The summed E-state index contributed by atoms with van der Waals surface area (Å²) in [6, 6.07) is 5.46. The number of rotatable bonds is 3. The molecule has 0 aliphatic carbocycles. The molecule has 4 nitrogen and oxygen atoms in total. The third-order valence-electron chi connectivity index (χ3n) is 2.21. The van der Waals surface area contributed by atoms with Crippen LogP contribution in [-0.4, -0.2) is 21.0 Å². The molecule has 2 aromatic heterocycles. The number of nitrogens with zero attached hydrogens (tertiary/aromatic N) is 3. The number of hydrogen-bond acceptors (Lipinski definition) is 4. The fourth-order valence-electron chi connectivity index (χ4n) is 1.50. The molecule has 2 heterocycles. The standard InChI is InChI=1S/C12H13ClN4/c1-8(14)7-9-4-6-16-12(17-9)11-10(13)3-2-5-15-11/h2-6,8H,7,14H2,1H3. The van der Waals surface area contributed by atoms with Gasteiger partial charge in [-0.1, -0.05) is 11.6 Å². The lowest BCUT2D eigenvalue weighted by molar-refractivity contribution is 0.720. The highest BCUT2D eigenvalue weighted by Gasteiger charge is 2.08. The van der Waals surface area contributed by atoms with Crippen molar-refractivity contribution in [1.29, 1.82) is 0 Å². The van der Waals surface area contributed by atoms with Gasteiger partial charge in [-0.25, -0.2) is 9.97 Å². The van der Waals surface area contributed by atoms with Gasteiger partial charge in [0.1, 0.15) is 5.69 Å². The summed E-state index contributed by atoms with van der Waals surface area (Å²) >= 11 is 6.05. The predicted octanol–water partition coefficient (Wildman–Crippen LogP) is 2.08. The van der Waals surface area contributed by atoms with Crippen LogP contribution in [0.1, 0.15) is 12.6 Å². The molecule has 0 saturated heterocycles. The van der Waals surface area contributed by atoms with E-state index in [1.165, 1.54) is 0 Å². The first-order valence-corrected chi connectivity index (χ1v) is 5.73. The summed E-state index contributed by atoms with van der Waals surface area (Å²) in [7, 11) is 0. The molecule has 0 spiro atoms. The van der Waals surface area contributed by atoms with E-state index in [0.717, 1.165) is 5.69 Å². The Labute approximate surface area is 105 Å². The van der Waals surface area contributed by atoms with Gasteiger partial charge in [-0.3, -0.25) is 4.98 Å². The average Bonchev–Trinajstić information content (AvgIpc) is 2.29. The molecule has 0 saturated carbocycles. The Balaban J connectivity index is 2.37. The van der Waals surface area contributed by atoms with Crippen molar-refractivity contribution in [3.8, 4) is 11.5 Å². The van der Waals surface area contributed by atoms with Gasteiger partial charge in [0.25, 0.3) is 0 Å². The quantitative estimate of drug-likeness (QED) is 0.903. The van der Waals surface area contributed by atoms with Gasteiger partial charge in [0.05, 0.1) is 5.02 Å². The monoisotopic (exact) mass is 248 g/mol.